The third-order valence-corrected chi connectivity index (χ3v) is 6.83. The minimum absolute atomic E-state index is 0.179. The molecule has 3 unspecified atom stereocenters. The highest BCUT2D eigenvalue weighted by molar-refractivity contribution is 7.19. The molecule has 1 saturated carbocycles. The summed E-state index contributed by atoms with van der Waals surface area (Å²) >= 11 is 8.03. The molecule has 2 nitrogen and oxygen atoms in total. The third kappa shape index (κ3) is 2.16. The molecule has 20 heavy (non-hydrogen) atoms. The largest absolute Gasteiger partial charge is 0.327 e. The molecule has 2 aromatic rings. The van der Waals surface area contributed by atoms with Crippen LogP contribution in [0.3, 0.4) is 0 Å². The highest BCUT2D eigenvalue weighted by atomic mass is 35.5. The predicted molar refractivity (Wildman–Crippen MR) is 87.5 cm³/mol. The Hall–Kier alpha value is -0.640. The number of benzene rings is 1. The van der Waals surface area contributed by atoms with E-state index < -0.39 is 0 Å². The lowest BCUT2D eigenvalue weighted by molar-refractivity contribution is 0.0993. The fourth-order valence-electron chi connectivity index (χ4n) is 3.37. The van der Waals surface area contributed by atoms with Crippen LogP contribution in [0.15, 0.2) is 18.2 Å². The summed E-state index contributed by atoms with van der Waals surface area (Å²) in [6, 6.07) is 6.26. The van der Waals surface area contributed by atoms with Crippen LogP contribution in [-0.2, 0) is 0 Å². The van der Waals surface area contributed by atoms with Crippen LogP contribution in [0.4, 0.5) is 0 Å². The van der Waals surface area contributed by atoms with Gasteiger partial charge in [0.25, 0.3) is 0 Å². The first-order chi connectivity index (χ1) is 9.41. The van der Waals surface area contributed by atoms with Crippen LogP contribution in [0, 0.1) is 11.3 Å². The normalized spacial score (nSPS) is 29.8. The van der Waals surface area contributed by atoms with Crippen LogP contribution < -0.4 is 5.73 Å². The summed E-state index contributed by atoms with van der Waals surface area (Å²) in [5, 5.41) is 2.03. The molecule has 0 amide bonds. The van der Waals surface area contributed by atoms with Gasteiger partial charge in [0.15, 0.2) is 0 Å². The minimum Gasteiger partial charge on any atom is -0.327 e. The summed E-state index contributed by atoms with van der Waals surface area (Å²) in [5.74, 6) is 0.981. The average Bonchev–Trinajstić information content (AvgIpc) is 2.81. The van der Waals surface area contributed by atoms with Gasteiger partial charge < -0.3 is 5.73 Å². The number of hydrogen-bond acceptors (Lipinski definition) is 3. The van der Waals surface area contributed by atoms with Gasteiger partial charge in [0.1, 0.15) is 0 Å². The first-order valence-corrected chi connectivity index (χ1v) is 8.41. The first-order valence-electron chi connectivity index (χ1n) is 7.21. The van der Waals surface area contributed by atoms with Gasteiger partial charge in [-0.25, -0.2) is 4.98 Å². The van der Waals surface area contributed by atoms with Crippen molar-refractivity contribution in [3.63, 3.8) is 0 Å². The second-order valence-corrected chi connectivity index (χ2v) is 7.98. The van der Waals surface area contributed by atoms with Gasteiger partial charge in [0.2, 0.25) is 0 Å². The van der Waals surface area contributed by atoms with Crippen molar-refractivity contribution < 1.29 is 0 Å². The van der Waals surface area contributed by atoms with Crippen LogP contribution in [0.5, 0.6) is 0 Å². The summed E-state index contributed by atoms with van der Waals surface area (Å²) in [6.07, 6.45) is 2.20. The fraction of sp³-hybridized carbons (Fsp3) is 0.562. The van der Waals surface area contributed by atoms with Crippen molar-refractivity contribution in [3.05, 3.63) is 28.2 Å². The molecule has 1 aromatic carbocycles. The Morgan fingerprint density at radius 3 is 2.80 bits per heavy atom. The quantitative estimate of drug-likeness (QED) is 0.820. The van der Waals surface area contributed by atoms with Crippen LogP contribution in [0.25, 0.3) is 10.2 Å². The summed E-state index contributed by atoms with van der Waals surface area (Å²) in [4.78, 5) is 4.85. The summed E-state index contributed by atoms with van der Waals surface area (Å²) in [6.45, 7) is 6.93. The Morgan fingerprint density at radius 1 is 1.35 bits per heavy atom. The zero-order chi connectivity index (χ0) is 14.5. The second-order valence-electron chi connectivity index (χ2n) is 6.54. The molecule has 108 valence electrons. The van der Waals surface area contributed by atoms with Gasteiger partial charge in [-0.3, -0.25) is 0 Å². The average molecular weight is 309 g/mol. The van der Waals surface area contributed by atoms with Crippen LogP contribution in [-0.4, -0.2) is 11.0 Å². The van der Waals surface area contributed by atoms with E-state index in [2.05, 4.69) is 20.8 Å². The molecule has 0 spiro atoms. The van der Waals surface area contributed by atoms with Gasteiger partial charge in [-0.2, -0.15) is 0 Å². The predicted octanol–water partition coefficient (Wildman–Crippen LogP) is 4.82. The van der Waals surface area contributed by atoms with Crippen molar-refractivity contribution >= 4 is 33.2 Å². The van der Waals surface area contributed by atoms with E-state index in [9.17, 15) is 0 Å². The van der Waals surface area contributed by atoms with E-state index in [0.717, 1.165) is 28.1 Å². The zero-order valence-corrected chi connectivity index (χ0v) is 13.8. The number of nitrogens with zero attached hydrogens (tertiary/aromatic N) is 1. The summed E-state index contributed by atoms with van der Waals surface area (Å²) in [7, 11) is 0. The van der Waals surface area contributed by atoms with Crippen LogP contribution in [0.2, 0.25) is 5.02 Å². The summed E-state index contributed by atoms with van der Waals surface area (Å²) < 4.78 is 1.11. The van der Waals surface area contributed by atoms with Crippen LogP contribution >= 0.6 is 22.9 Å². The first kappa shape index (κ1) is 14.3. The maximum absolute atomic E-state index is 6.28. The molecule has 0 saturated heterocycles. The third-order valence-electron chi connectivity index (χ3n) is 5.18. The molecule has 2 N–H and O–H groups in total. The molecule has 3 atom stereocenters. The molecule has 0 aliphatic heterocycles. The van der Waals surface area contributed by atoms with Crippen LogP contribution in [0.1, 0.15) is 44.5 Å². The Morgan fingerprint density at radius 2 is 2.10 bits per heavy atom. The number of nitrogens with two attached hydrogens (primary N) is 1. The Labute approximate surface area is 129 Å². The number of fused-ring (bicyclic) bond motifs is 1. The number of thiazole rings is 1. The molecule has 0 bridgehead atoms. The molecule has 1 aliphatic rings. The highest BCUT2D eigenvalue weighted by Crippen LogP contribution is 2.51. The lowest BCUT2D eigenvalue weighted by atomic mass is 9.61. The molecule has 1 aromatic heterocycles. The topological polar surface area (TPSA) is 38.9 Å². The van der Waals surface area contributed by atoms with Crippen molar-refractivity contribution in [2.24, 2.45) is 17.1 Å². The van der Waals surface area contributed by atoms with Crippen molar-refractivity contribution in [2.45, 2.75) is 45.6 Å². The number of halogens is 1. The van der Waals surface area contributed by atoms with Gasteiger partial charge in [-0.05, 0) is 36.3 Å². The second kappa shape index (κ2) is 4.97. The molecule has 1 heterocycles. The fourth-order valence-corrected chi connectivity index (χ4v) is 4.96. The van der Waals surface area contributed by atoms with Crippen molar-refractivity contribution in [3.8, 4) is 0 Å². The van der Waals surface area contributed by atoms with Gasteiger partial charge in [-0.15, -0.1) is 11.3 Å². The molecular formula is C16H21ClN2S. The van der Waals surface area contributed by atoms with Gasteiger partial charge >= 0.3 is 0 Å². The van der Waals surface area contributed by atoms with Gasteiger partial charge in [-0.1, -0.05) is 38.4 Å². The Bertz CT molecular complexity index is 634. The van der Waals surface area contributed by atoms with Gasteiger partial charge in [0.05, 0.1) is 20.2 Å². The van der Waals surface area contributed by atoms with Crippen molar-refractivity contribution in [1.29, 1.82) is 0 Å². The highest BCUT2D eigenvalue weighted by Gasteiger charge is 2.43. The maximum atomic E-state index is 6.28. The van der Waals surface area contributed by atoms with E-state index in [1.54, 1.807) is 11.3 Å². The number of rotatable bonds is 1. The smallest absolute Gasteiger partial charge is 0.0975 e. The molecule has 1 aliphatic carbocycles. The Balaban J connectivity index is 2.04. The molecule has 1 fully saturated rings. The van der Waals surface area contributed by atoms with Gasteiger partial charge in [0, 0.05) is 12.0 Å². The van der Waals surface area contributed by atoms with E-state index in [4.69, 9.17) is 22.3 Å². The van der Waals surface area contributed by atoms with E-state index >= 15 is 0 Å². The number of hydrogen-bond donors (Lipinski definition) is 1. The van der Waals surface area contributed by atoms with E-state index in [0.29, 0.717) is 17.9 Å². The lowest BCUT2D eigenvalue weighted by Gasteiger charge is -2.46. The van der Waals surface area contributed by atoms with Crippen molar-refractivity contribution in [1.82, 2.24) is 4.98 Å². The lowest BCUT2D eigenvalue weighted by Crippen LogP contribution is -2.45. The SMILES string of the molecule is CC1C(N)CCC(c2nc3cccc(Cl)c3s2)C1(C)C. The standard InChI is InChI=1S/C16H21ClN2S/c1-9-12(18)8-7-10(16(9,2)3)15-19-13-6-4-5-11(17)14(13)20-15/h4-6,9-10,12H,7-8,18H2,1-3H3. The molecule has 3 rings (SSSR count). The summed E-state index contributed by atoms with van der Waals surface area (Å²) in [5.41, 5.74) is 7.46. The van der Waals surface area contributed by atoms with E-state index in [-0.39, 0.29) is 5.41 Å². The van der Waals surface area contributed by atoms with E-state index in [1.807, 2.05) is 18.2 Å². The maximum Gasteiger partial charge on any atom is 0.0975 e. The molecule has 0 radical (unpaired) electrons. The van der Waals surface area contributed by atoms with Crippen molar-refractivity contribution in [2.75, 3.05) is 0 Å². The van der Waals surface area contributed by atoms with E-state index in [1.165, 1.54) is 5.01 Å². The molecule has 4 heteroatoms. The Kier molecular flexibility index (Phi) is 3.56. The number of aromatic nitrogens is 1. The zero-order valence-electron chi connectivity index (χ0n) is 12.2. The molecular weight excluding hydrogens is 288 g/mol. The minimum atomic E-state index is 0.179. The monoisotopic (exact) mass is 308 g/mol.